The van der Waals surface area contributed by atoms with E-state index in [2.05, 4.69) is 45.0 Å². The van der Waals surface area contributed by atoms with Gasteiger partial charge < -0.3 is 13.9 Å². The van der Waals surface area contributed by atoms with Crippen molar-refractivity contribution in [3.63, 3.8) is 0 Å². The molecule has 1 aliphatic rings. The van der Waals surface area contributed by atoms with Crippen LogP contribution in [0.15, 0.2) is 84.9 Å². The molecular formula is C28H31NO6Si. The first kappa shape index (κ1) is 25.8. The summed E-state index contributed by atoms with van der Waals surface area (Å²) >= 11 is 0. The Morgan fingerprint density at radius 1 is 0.972 bits per heavy atom. The number of carbonyl (C=O) groups is 1. The van der Waals surface area contributed by atoms with E-state index in [9.17, 15) is 14.9 Å². The molecule has 7 nitrogen and oxygen atoms in total. The maximum Gasteiger partial charge on any atom is 0.338 e. The number of benzene rings is 3. The van der Waals surface area contributed by atoms with Crippen molar-refractivity contribution in [2.75, 3.05) is 13.2 Å². The molecule has 1 heterocycles. The molecule has 0 aromatic heterocycles. The first-order valence-corrected chi connectivity index (χ1v) is 14.0. The molecule has 0 saturated carbocycles. The zero-order chi connectivity index (χ0) is 25.8. The van der Waals surface area contributed by atoms with Crippen molar-refractivity contribution in [2.45, 2.75) is 44.4 Å². The molecule has 4 rings (SSSR count). The van der Waals surface area contributed by atoms with E-state index in [0.717, 1.165) is 0 Å². The summed E-state index contributed by atoms with van der Waals surface area (Å²) in [6, 6.07) is 26.1. The zero-order valence-corrected chi connectivity index (χ0v) is 21.8. The van der Waals surface area contributed by atoms with Crippen molar-refractivity contribution in [1.29, 1.82) is 0 Å². The third kappa shape index (κ3) is 5.26. The zero-order valence-electron chi connectivity index (χ0n) is 20.8. The number of hydrogen-bond acceptors (Lipinski definition) is 6. The lowest BCUT2D eigenvalue weighted by atomic mass is 10.2. The van der Waals surface area contributed by atoms with Crippen molar-refractivity contribution in [1.82, 2.24) is 0 Å². The molecule has 8 heteroatoms. The van der Waals surface area contributed by atoms with Gasteiger partial charge in [0.05, 0.1) is 23.7 Å². The van der Waals surface area contributed by atoms with E-state index in [1.165, 1.54) is 34.6 Å². The largest absolute Gasteiger partial charge is 0.456 e. The van der Waals surface area contributed by atoms with Crippen LogP contribution >= 0.6 is 0 Å². The van der Waals surface area contributed by atoms with Gasteiger partial charge in [0.15, 0.2) is 0 Å². The van der Waals surface area contributed by atoms with Crippen molar-refractivity contribution in [2.24, 2.45) is 0 Å². The monoisotopic (exact) mass is 505 g/mol. The number of nitro benzene ring substituents is 1. The fraction of sp³-hybridized carbons (Fsp3) is 0.321. The summed E-state index contributed by atoms with van der Waals surface area (Å²) in [5.41, 5.74) is 0.187. The average molecular weight is 506 g/mol. The lowest BCUT2D eigenvalue weighted by molar-refractivity contribution is -0.384. The van der Waals surface area contributed by atoms with Crippen LogP contribution in [0.2, 0.25) is 5.04 Å². The molecule has 1 aliphatic heterocycles. The van der Waals surface area contributed by atoms with Crippen LogP contribution in [0.4, 0.5) is 5.69 Å². The third-order valence-electron chi connectivity index (χ3n) is 6.60. The first-order valence-electron chi connectivity index (χ1n) is 12.0. The Bertz CT molecular complexity index is 1140. The van der Waals surface area contributed by atoms with Gasteiger partial charge >= 0.3 is 5.97 Å². The summed E-state index contributed by atoms with van der Waals surface area (Å²) in [5, 5.41) is 13.0. The highest BCUT2D eigenvalue weighted by atomic mass is 28.4. The molecule has 0 radical (unpaired) electrons. The van der Waals surface area contributed by atoms with Crippen LogP contribution in [-0.2, 0) is 13.9 Å². The molecule has 0 bridgehead atoms. The molecule has 0 spiro atoms. The van der Waals surface area contributed by atoms with Crippen LogP contribution in [0.25, 0.3) is 0 Å². The molecule has 0 amide bonds. The second kappa shape index (κ2) is 10.7. The predicted molar refractivity (Wildman–Crippen MR) is 140 cm³/mol. The fourth-order valence-electron chi connectivity index (χ4n) is 4.81. The minimum Gasteiger partial charge on any atom is -0.456 e. The maximum atomic E-state index is 12.8. The molecule has 36 heavy (non-hydrogen) atoms. The highest BCUT2D eigenvalue weighted by Gasteiger charge is 2.51. The summed E-state index contributed by atoms with van der Waals surface area (Å²) < 4.78 is 18.7. The second-order valence-corrected chi connectivity index (χ2v) is 14.2. The summed E-state index contributed by atoms with van der Waals surface area (Å²) in [6.45, 7) is 7.38. The lowest BCUT2D eigenvalue weighted by Gasteiger charge is -2.43. The minimum atomic E-state index is -2.75. The average Bonchev–Trinajstić information content (AvgIpc) is 3.31. The van der Waals surface area contributed by atoms with Crippen molar-refractivity contribution in [3.05, 3.63) is 101 Å². The van der Waals surface area contributed by atoms with Gasteiger partial charge in [0, 0.05) is 18.6 Å². The SMILES string of the molecule is CC(C)(C)[Si](OC[C@H]1OCC[C@H]1OC(=O)c1ccc([N+](=O)[O-])cc1)(c1ccccc1)c1ccccc1. The van der Waals surface area contributed by atoms with Gasteiger partial charge in [-0.05, 0) is 27.5 Å². The van der Waals surface area contributed by atoms with Gasteiger partial charge in [-0.15, -0.1) is 0 Å². The van der Waals surface area contributed by atoms with E-state index in [4.69, 9.17) is 13.9 Å². The van der Waals surface area contributed by atoms with E-state index >= 15 is 0 Å². The van der Waals surface area contributed by atoms with Gasteiger partial charge in [0.1, 0.15) is 12.2 Å². The Kier molecular flexibility index (Phi) is 7.68. The molecule has 1 saturated heterocycles. The van der Waals surface area contributed by atoms with Crippen LogP contribution in [-0.4, -0.2) is 44.6 Å². The summed E-state index contributed by atoms with van der Waals surface area (Å²) in [7, 11) is -2.75. The number of carbonyl (C=O) groups excluding carboxylic acids is 1. The van der Waals surface area contributed by atoms with E-state index < -0.39 is 31.4 Å². The highest BCUT2D eigenvalue weighted by Crippen LogP contribution is 2.37. The topological polar surface area (TPSA) is 87.9 Å². The van der Waals surface area contributed by atoms with Crippen LogP contribution < -0.4 is 10.4 Å². The van der Waals surface area contributed by atoms with Crippen molar-refractivity contribution in [3.8, 4) is 0 Å². The van der Waals surface area contributed by atoms with E-state index in [1.807, 2.05) is 36.4 Å². The van der Waals surface area contributed by atoms with Crippen LogP contribution in [0.1, 0.15) is 37.6 Å². The number of esters is 1. The summed E-state index contributed by atoms with van der Waals surface area (Å²) in [4.78, 5) is 23.1. The van der Waals surface area contributed by atoms with E-state index in [1.54, 1.807) is 0 Å². The number of ether oxygens (including phenoxy) is 2. The molecule has 0 aliphatic carbocycles. The van der Waals surface area contributed by atoms with Crippen LogP contribution in [0, 0.1) is 10.1 Å². The maximum absolute atomic E-state index is 12.8. The number of non-ortho nitro benzene ring substituents is 1. The quantitative estimate of drug-likeness (QED) is 0.194. The Labute approximate surface area is 212 Å². The second-order valence-electron chi connectivity index (χ2n) is 9.92. The van der Waals surface area contributed by atoms with Crippen LogP contribution in [0.3, 0.4) is 0 Å². The first-order chi connectivity index (χ1) is 17.2. The third-order valence-corrected chi connectivity index (χ3v) is 11.6. The van der Waals surface area contributed by atoms with Gasteiger partial charge in [-0.25, -0.2) is 4.79 Å². The molecule has 2 atom stereocenters. The standard InChI is InChI=1S/C28H31NO6Si/c1-28(2,3)36(23-10-6-4-7-11-23,24-12-8-5-9-13-24)34-20-26-25(18-19-33-26)35-27(30)21-14-16-22(17-15-21)29(31)32/h4-17,25-26H,18-20H2,1-3H3/t25-,26-/m1/s1. The normalized spacial score (nSPS) is 18.1. The Hall–Kier alpha value is -3.33. The lowest BCUT2D eigenvalue weighted by Crippen LogP contribution is -2.67. The molecule has 1 fully saturated rings. The van der Waals surface area contributed by atoms with Gasteiger partial charge in [-0.1, -0.05) is 81.4 Å². The van der Waals surface area contributed by atoms with Crippen LogP contribution in [0.5, 0.6) is 0 Å². The molecule has 188 valence electrons. The molecule has 3 aromatic carbocycles. The number of rotatable bonds is 8. The summed E-state index contributed by atoms with van der Waals surface area (Å²) in [6.07, 6.45) is -0.312. The minimum absolute atomic E-state index is 0.0765. The fourth-order valence-corrected chi connectivity index (χ4v) is 9.38. The predicted octanol–water partition coefficient (Wildman–Crippen LogP) is 4.49. The van der Waals surface area contributed by atoms with Gasteiger partial charge in [0.2, 0.25) is 0 Å². The highest BCUT2D eigenvalue weighted by molar-refractivity contribution is 6.99. The molecule has 0 unspecified atom stereocenters. The van der Waals surface area contributed by atoms with Crippen molar-refractivity contribution >= 4 is 30.3 Å². The van der Waals surface area contributed by atoms with Crippen molar-refractivity contribution < 1.29 is 23.6 Å². The van der Waals surface area contributed by atoms with E-state index in [-0.39, 0.29) is 22.9 Å². The Morgan fingerprint density at radius 3 is 2.03 bits per heavy atom. The Morgan fingerprint density at radius 2 is 1.53 bits per heavy atom. The van der Waals surface area contributed by atoms with Gasteiger partial charge in [-0.3, -0.25) is 10.1 Å². The number of nitro groups is 1. The van der Waals surface area contributed by atoms with E-state index in [0.29, 0.717) is 13.0 Å². The smallest absolute Gasteiger partial charge is 0.338 e. The number of hydrogen-bond donors (Lipinski definition) is 0. The molecule has 0 N–H and O–H groups in total. The van der Waals surface area contributed by atoms with Gasteiger partial charge in [-0.2, -0.15) is 0 Å². The number of nitrogens with zero attached hydrogens (tertiary/aromatic N) is 1. The Balaban J connectivity index is 1.56. The molecule has 3 aromatic rings. The van der Waals surface area contributed by atoms with Gasteiger partial charge in [0.25, 0.3) is 14.0 Å². The summed E-state index contributed by atoms with van der Waals surface area (Å²) in [5.74, 6) is -0.532. The molecular weight excluding hydrogens is 474 g/mol.